The molecule has 0 N–H and O–H groups in total. The number of allylic oxidation sites excluding steroid dienone is 3. The summed E-state index contributed by atoms with van der Waals surface area (Å²) in [4.78, 5) is 0. The zero-order chi connectivity index (χ0) is 10.4. The van der Waals surface area contributed by atoms with Gasteiger partial charge in [-0.25, -0.2) is 0 Å². The van der Waals surface area contributed by atoms with E-state index in [4.69, 9.17) is 0 Å². The van der Waals surface area contributed by atoms with Crippen LogP contribution in [0.25, 0.3) is 0 Å². The minimum atomic E-state index is 0.471. The fraction of sp³-hybridized carbons (Fsp3) is 0.286. The zero-order valence-electron chi connectivity index (χ0n) is 9.03. The summed E-state index contributed by atoms with van der Waals surface area (Å²) in [5, 5.41) is 0. The van der Waals surface area contributed by atoms with Crippen LogP contribution >= 0.6 is 0 Å². The van der Waals surface area contributed by atoms with Crippen molar-refractivity contribution in [3.8, 4) is 0 Å². The lowest BCUT2D eigenvalue weighted by Gasteiger charge is -2.06. The lowest BCUT2D eigenvalue weighted by Crippen LogP contribution is -1.89. The van der Waals surface area contributed by atoms with Crippen molar-refractivity contribution in [2.24, 2.45) is 0 Å². The van der Waals surface area contributed by atoms with Crippen LogP contribution in [0.1, 0.15) is 30.9 Å². The largest absolute Gasteiger partial charge is 0.0991 e. The molecule has 1 atom stereocenters. The molecule has 0 nitrogen and oxygen atoms in total. The molecular weight excluding hydrogens is 168 g/mol. The predicted octanol–water partition coefficient (Wildman–Crippen LogP) is 4.09. The minimum absolute atomic E-state index is 0.471. The Labute approximate surface area is 87.0 Å². The number of hydrogen-bond acceptors (Lipinski definition) is 0. The van der Waals surface area contributed by atoms with Crippen LogP contribution in [0.3, 0.4) is 0 Å². The summed E-state index contributed by atoms with van der Waals surface area (Å²) < 4.78 is 0. The van der Waals surface area contributed by atoms with Gasteiger partial charge in [-0.05, 0) is 23.5 Å². The van der Waals surface area contributed by atoms with E-state index >= 15 is 0 Å². The molecule has 0 radical (unpaired) electrons. The molecule has 1 unspecified atom stereocenters. The third kappa shape index (κ3) is 2.88. The van der Waals surface area contributed by atoms with Gasteiger partial charge in [0.2, 0.25) is 0 Å². The van der Waals surface area contributed by atoms with Crippen LogP contribution in [-0.2, 0) is 6.42 Å². The van der Waals surface area contributed by atoms with Crippen LogP contribution in [0.15, 0.2) is 49.1 Å². The Morgan fingerprint density at radius 3 is 2.43 bits per heavy atom. The first-order valence-electron chi connectivity index (χ1n) is 5.16. The van der Waals surface area contributed by atoms with Gasteiger partial charge in [0.15, 0.2) is 0 Å². The third-order valence-electron chi connectivity index (χ3n) is 2.45. The van der Waals surface area contributed by atoms with Crippen molar-refractivity contribution >= 4 is 0 Å². The Balaban J connectivity index is 2.75. The molecule has 14 heavy (non-hydrogen) atoms. The zero-order valence-corrected chi connectivity index (χ0v) is 9.03. The highest BCUT2D eigenvalue weighted by Crippen LogP contribution is 2.17. The van der Waals surface area contributed by atoms with Crippen LogP contribution in [0, 0.1) is 0 Å². The van der Waals surface area contributed by atoms with Gasteiger partial charge in [-0.3, -0.25) is 0 Å². The first kappa shape index (κ1) is 10.8. The molecular formula is C14H18. The summed E-state index contributed by atoms with van der Waals surface area (Å²) in [7, 11) is 0. The van der Waals surface area contributed by atoms with Gasteiger partial charge in [-0.1, -0.05) is 62.9 Å². The number of aryl methyl sites for hydroxylation is 1. The van der Waals surface area contributed by atoms with E-state index in [-0.39, 0.29) is 0 Å². The standard InChI is InChI=1S/C14H18/c1-4-6-7-12(3)14-10-8-13(5-2)9-11-14/h4,6-12H,1,5H2,2-3H3/b7-6-. The molecule has 0 amide bonds. The lowest BCUT2D eigenvalue weighted by atomic mass is 9.99. The van der Waals surface area contributed by atoms with Crippen molar-refractivity contribution in [1.82, 2.24) is 0 Å². The van der Waals surface area contributed by atoms with Crippen LogP contribution in [0.4, 0.5) is 0 Å². The number of rotatable bonds is 4. The summed E-state index contributed by atoms with van der Waals surface area (Å²) in [6, 6.07) is 8.81. The highest BCUT2D eigenvalue weighted by Gasteiger charge is 1.99. The Morgan fingerprint density at radius 1 is 1.29 bits per heavy atom. The van der Waals surface area contributed by atoms with Gasteiger partial charge in [-0.2, -0.15) is 0 Å². The molecule has 0 heterocycles. The summed E-state index contributed by atoms with van der Waals surface area (Å²) in [6.45, 7) is 8.04. The second-order valence-electron chi connectivity index (χ2n) is 3.50. The summed E-state index contributed by atoms with van der Waals surface area (Å²) in [5.74, 6) is 0.471. The van der Waals surface area contributed by atoms with Gasteiger partial charge >= 0.3 is 0 Å². The average Bonchev–Trinajstić information content (AvgIpc) is 2.26. The summed E-state index contributed by atoms with van der Waals surface area (Å²) >= 11 is 0. The Hall–Kier alpha value is -1.30. The molecule has 0 spiro atoms. The van der Waals surface area contributed by atoms with Gasteiger partial charge in [0.05, 0.1) is 0 Å². The van der Waals surface area contributed by atoms with Crippen molar-refractivity contribution in [2.45, 2.75) is 26.2 Å². The van der Waals surface area contributed by atoms with E-state index in [1.807, 2.05) is 12.2 Å². The molecule has 0 bridgehead atoms. The van der Waals surface area contributed by atoms with E-state index in [0.29, 0.717) is 5.92 Å². The molecule has 0 aromatic heterocycles. The Morgan fingerprint density at radius 2 is 1.93 bits per heavy atom. The molecule has 0 saturated carbocycles. The van der Waals surface area contributed by atoms with Crippen molar-refractivity contribution in [3.63, 3.8) is 0 Å². The maximum Gasteiger partial charge on any atom is -0.000732 e. The second kappa shape index (κ2) is 5.43. The van der Waals surface area contributed by atoms with Crippen LogP contribution in [0.2, 0.25) is 0 Å². The Kier molecular flexibility index (Phi) is 4.18. The van der Waals surface area contributed by atoms with E-state index in [2.05, 4.69) is 50.8 Å². The maximum atomic E-state index is 3.67. The van der Waals surface area contributed by atoms with Gasteiger partial charge in [-0.15, -0.1) is 0 Å². The van der Waals surface area contributed by atoms with Gasteiger partial charge in [0.1, 0.15) is 0 Å². The second-order valence-corrected chi connectivity index (χ2v) is 3.50. The Bertz CT molecular complexity index is 303. The SMILES string of the molecule is C=C/C=C\C(C)c1ccc(CC)cc1. The van der Waals surface area contributed by atoms with Gasteiger partial charge < -0.3 is 0 Å². The molecule has 1 rings (SSSR count). The van der Waals surface area contributed by atoms with Gasteiger partial charge in [0, 0.05) is 0 Å². The molecule has 0 saturated heterocycles. The van der Waals surface area contributed by atoms with E-state index in [0.717, 1.165) is 6.42 Å². The highest BCUT2D eigenvalue weighted by molar-refractivity contribution is 5.28. The van der Waals surface area contributed by atoms with Crippen molar-refractivity contribution in [2.75, 3.05) is 0 Å². The molecule has 1 aromatic rings. The maximum absolute atomic E-state index is 3.67. The lowest BCUT2D eigenvalue weighted by molar-refractivity contribution is 0.963. The first-order chi connectivity index (χ1) is 6.77. The van der Waals surface area contributed by atoms with E-state index < -0.39 is 0 Å². The molecule has 1 aromatic carbocycles. The van der Waals surface area contributed by atoms with Crippen molar-refractivity contribution < 1.29 is 0 Å². The first-order valence-corrected chi connectivity index (χ1v) is 5.16. The fourth-order valence-corrected chi connectivity index (χ4v) is 1.41. The molecule has 74 valence electrons. The van der Waals surface area contributed by atoms with Crippen LogP contribution in [-0.4, -0.2) is 0 Å². The van der Waals surface area contributed by atoms with Crippen molar-refractivity contribution in [1.29, 1.82) is 0 Å². The number of benzene rings is 1. The van der Waals surface area contributed by atoms with E-state index in [1.165, 1.54) is 11.1 Å². The molecule has 0 aliphatic heterocycles. The highest BCUT2D eigenvalue weighted by atomic mass is 14.0. The normalized spacial score (nSPS) is 13.0. The topological polar surface area (TPSA) is 0 Å². The summed E-state index contributed by atoms with van der Waals surface area (Å²) in [6.07, 6.45) is 7.08. The molecule has 0 aliphatic carbocycles. The monoisotopic (exact) mass is 186 g/mol. The van der Waals surface area contributed by atoms with E-state index in [9.17, 15) is 0 Å². The van der Waals surface area contributed by atoms with Crippen LogP contribution < -0.4 is 0 Å². The predicted molar refractivity (Wildman–Crippen MR) is 63.6 cm³/mol. The van der Waals surface area contributed by atoms with Crippen LogP contribution in [0.5, 0.6) is 0 Å². The number of hydrogen-bond donors (Lipinski definition) is 0. The minimum Gasteiger partial charge on any atom is -0.0991 e. The molecule has 0 heteroatoms. The van der Waals surface area contributed by atoms with Crippen molar-refractivity contribution in [3.05, 3.63) is 60.2 Å². The summed E-state index contributed by atoms with van der Waals surface area (Å²) in [5.41, 5.74) is 2.76. The van der Waals surface area contributed by atoms with Gasteiger partial charge in [0.25, 0.3) is 0 Å². The quantitative estimate of drug-likeness (QED) is 0.621. The smallest absolute Gasteiger partial charge is 0.000732 e. The molecule has 0 fully saturated rings. The fourth-order valence-electron chi connectivity index (χ4n) is 1.41. The average molecular weight is 186 g/mol. The molecule has 0 aliphatic rings. The van der Waals surface area contributed by atoms with E-state index in [1.54, 1.807) is 0 Å². The third-order valence-corrected chi connectivity index (χ3v) is 2.45.